The van der Waals surface area contributed by atoms with Crippen LogP contribution in [0.2, 0.25) is 10.0 Å². The molecule has 1 aliphatic rings. The van der Waals surface area contributed by atoms with Gasteiger partial charge in [-0.25, -0.2) is 4.79 Å². The number of halogens is 2. The molecule has 164 valence electrons. The van der Waals surface area contributed by atoms with Crippen LogP contribution in [0.3, 0.4) is 0 Å². The molecule has 0 saturated carbocycles. The monoisotopic (exact) mass is 468 g/mol. The topological polar surface area (TPSA) is 87.5 Å². The van der Waals surface area contributed by atoms with Crippen LogP contribution in [0.5, 0.6) is 0 Å². The molecule has 6 nitrogen and oxygen atoms in total. The van der Waals surface area contributed by atoms with Crippen LogP contribution in [-0.4, -0.2) is 22.9 Å². The summed E-state index contributed by atoms with van der Waals surface area (Å²) in [6, 6.07) is 18.9. The maximum atomic E-state index is 12.9. The van der Waals surface area contributed by atoms with E-state index in [-0.39, 0.29) is 11.9 Å². The van der Waals surface area contributed by atoms with Crippen LogP contribution in [0.1, 0.15) is 16.7 Å². The molecule has 1 heterocycles. The van der Waals surface area contributed by atoms with Crippen LogP contribution in [0.25, 0.3) is 0 Å². The summed E-state index contributed by atoms with van der Waals surface area (Å²) in [7, 11) is 0. The summed E-state index contributed by atoms with van der Waals surface area (Å²) in [6.07, 6.45) is 0.328. The van der Waals surface area contributed by atoms with Gasteiger partial charge in [-0.1, -0.05) is 53.5 Å². The molecule has 0 aromatic heterocycles. The molecule has 0 spiro atoms. The summed E-state index contributed by atoms with van der Waals surface area (Å²) in [5, 5.41) is 6.64. The predicted octanol–water partition coefficient (Wildman–Crippen LogP) is 5.05. The van der Waals surface area contributed by atoms with Gasteiger partial charge in [0.25, 0.3) is 0 Å². The Bertz CT molecular complexity index is 1150. The fourth-order valence-electron chi connectivity index (χ4n) is 3.69. The summed E-state index contributed by atoms with van der Waals surface area (Å²) in [6.45, 7) is 0.915. The average molecular weight is 469 g/mol. The molecule has 3 aromatic carbocycles. The largest absolute Gasteiger partial charge is 0.333 e. The number of nitrogens with two attached hydrogens (primary N) is 1. The molecule has 0 fully saturated rings. The van der Waals surface area contributed by atoms with Crippen LogP contribution in [0.4, 0.5) is 16.2 Å². The van der Waals surface area contributed by atoms with Gasteiger partial charge in [0, 0.05) is 34.5 Å². The van der Waals surface area contributed by atoms with Gasteiger partial charge in [-0.15, -0.1) is 0 Å². The molecule has 1 unspecified atom stereocenters. The minimum Gasteiger partial charge on any atom is -0.333 e. The molecule has 0 saturated heterocycles. The number of anilines is 2. The van der Waals surface area contributed by atoms with Crippen molar-refractivity contribution in [2.75, 3.05) is 10.6 Å². The van der Waals surface area contributed by atoms with Crippen LogP contribution in [0.15, 0.2) is 66.7 Å². The normalized spacial score (nSPS) is 13.4. The lowest BCUT2D eigenvalue weighted by Gasteiger charge is -2.20. The van der Waals surface area contributed by atoms with Crippen molar-refractivity contribution >= 4 is 46.5 Å². The molecule has 1 aliphatic heterocycles. The van der Waals surface area contributed by atoms with Gasteiger partial charge in [0.1, 0.15) is 0 Å². The van der Waals surface area contributed by atoms with Crippen molar-refractivity contribution < 1.29 is 9.59 Å². The Morgan fingerprint density at radius 3 is 2.38 bits per heavy atom. The fraction of sp³-hybridized carbons (Fsp3) is 0.167. The molecule has 1 atom stereocenters. The summed E-state index contributed by atoms with van der Waals surface area (Å²) in [4.78, 5) is 26.9. The number of amides is 3. The van der Waals surface area contributed by atoms with Crippen molar-refractivity contribution in [1.82, 2.24) is 4.90 Å². The van der Waals surface area contributed by atoms with Gasteiger partial charge < -0.3 is 21.3 Å². The second kappa shape index (κ2) is 9.61. The predicted molar refractivity (Wildman–Crippen MR) is 128 cm³/mol. The number of para-hydroxylation sites is 1. The maximum absolute atomic E-state index is 12.9. The molecular weight excluding hydrogens is 447 g/mol. The maximum Gasteiger partial charge on any atom is 0.323 e. The lowest BCUT2D eigenvalue weighted by Crippen LogP contribution is -2.42. The van der Waals surface area contributed by atoms with Crippen molar-refractivity contribution in [1.29, 1.82) is 0 Å². The molecule has 4 N–H and O–H groups in total. The minimum atomic E-state index is -0.711. The second-order valence-electron chi connectivity index (χ2n) is 7.67. The Hall–Kier alpha value is -3.06. The first-order valence-electron chi connectivity index (χ1n) is 10.1. The van der Waals surface area contributed by atoms with E-state index in [1.807, 2.05) is 48.5 Å². The van der Waals surface area contributed by atoms with E-state index in [0.29, 0.717) is 40.9 Å². The van der Waals surface area contributed by atoms with Gasteiger partial charge in [0.15, 0.2) is 0 Å². The van der Waals surface area contributed by atoms with Crippen molar-refractivity contribution in [2.45, 2.75) is 25.6 Å². The van der Waals surface area contributed by atoms with Crippen LogP contribution in [0, 0.1) is 0 Å². The molecule has 4 rings (SSSR count). The molecular formula is C24H22Cl2N4O2. The van der Waals surface area contributed by atoms with Crippen LogP contribution >= 0.6 is 23.2 Å². The fourth-order valence-corrected chi connectivity index (χ4v) is 4.17. The highest BCUT2D eigenvalue weighted by Gasteiger charge is 2.28. The number of hydrogen-bond donors (Lipinski definition) is 3. The highest BCUT2D eigenvalue weighted by molar-refractivity contribution is 6.35. The Kier molecular flexibility index (Phi) is 6.65. The first-order chi connectivity index (χ1) is 15.4. The number of rotatable bonds is 5. The lowest BCUT2D eigenvalue weighted by atomic mass is 10.1. The zero-order valence-corrected chi connectivity index (χ0v) is 18.7. The first-order valence-corrected chi connectivity index (χ1v) is 10.9. The quantitative estimate of drug-likeness (QED) is 0.489. The van der Waals surface area contributed by atoms with Crippen LogP contribution < -0.4 is 16.4 Å². The third kappa shape index (κ3) is 5.22. The number of carbonyl (C=O) groups excluding carboxylic acids is 2. The van der Waals surface area contributed by atoms with E-state index >= 15 is 0 Å². The van der Waals surface area contributed by atoms with E-state index in [1.54, 1.807) is 23.1 Å². The van der Waals surface area contributed by atoms with E-state index in [2.05, 4.69) is 10.6 Å². The summed E-state index contributed by atoms with van der Waals surface area (Å²) in [5.74, 6) is -0.149. The highest BCUT2D eigenvalue weighted by atomic mass is 35.5. The van der Waals surface area contributed by atoms with Crippen molar-refractivity contribution in [3.05, 3.63) is 93.5 Å². The number of benzene rings is 3. The smallest absolute Gasteiger partial charge is 0.323 e. The summed E-state index contributed by atoms with van der Waals surface area (Å²) < 4.78 is 0. The zero-order chi connectivity index (χ0) is 22.7. The van der Waals surface area contributed by atoms with Crippen LogP contribution in [-0.2, 0) is 24.3 Å². The molecule has 8 heteroatoms. The SMILES string of the molecule is NC(Cc1ccc(Cl)cc1Cl)C(=O)N1Cc2ccc(NC(=O)Nc3ccccc3)cc2C1. The zero-order valence-electron chi connectivity index (χ0n) is 17.1. The van der Waals surface area contributed by atoms with E-state index in [4.69, 9.17) is 28.9 Å². The Morgan fingerprint density at radius 1 is 0.906 bits per heavy atom. The summed E-state index contributed by atoms with van der Waals surface area (Å²) in [5.41, 5.74) is 10.3. The average Bonchev–Trinajstić information content (AvgIpc) is 3.19. The lowest BCUT2D eigenvalue weighted by molar-refractivity contribution is -0.133. The van der Waals surface area contributed by atoms with Gasteiger partial charge >= 0.3 is 6.03 Å². The summed E-state index contributed by atoms with van der Waals surface area (Å²) >= 11 is 12.2. The van der Waals surface area contributed by atoms with Gasteiger partial charge in [0.05, 0.1) is 6.04 Å². The molecule has 0 aliphatic carbocycles. The highest BCUT2D eigenvalue weighted by Crippen LogP contribution is 2.27. The number of urea groups is 1. The van der Waals surface area contributed by atoms with E-state index in [0.717, 1.165) is 16.7 Å². The second-order valence-corrected chi connectivity index (χ2v) is 8.51. The van der Waals surface area contributed by atoms with Gasteiger partial charge in [-0.05, 0) is 59.5 Å². The Morgan fingerprint density at radius 2 is 1.62 bits per heavy atom. The molecule has 32 heavy (non-hydrogen) atoms. The van der Waals surface area contributed by atoms with Gasteiger partial charge in [0.2, 0.25) is 5.91 Å². The van der Waals surface area contributed by atoms with Gasteiger partial charge in [-0.3, -0.25) is 4.79 Å². The molecule has 0 radical (unpaired) electrons. The van der Waals surface area contributed by atoms with E-state index in [1.165, 1.54) is 0 Å². The first kappa shape index (κ1) is 22.1. The number of nitrogens with one attached hydrogen (secondary N) is 2. The third-order valence-electron chi connectivity index (χ3n) is 5.30. The van der Waals surface area contributed by atoms with Crippen molar-refractivity contribution in [3.8, 4) is 0 Å². The molecule has 0 bridgehead atoms. The van der Waals surface area contributed by atoms with E-state index < -0.39 is 6.04 Å². The van der Waals surface area contributed by atoms with Crippen molar-refractivity contribution in [2.24, 2.45) is 5.73 Å². The number of nitrogens with zero attached hydrogens (tertiary/aromatic N) is 1. The van der Waals surface area contributed by atoms with Crippen molar-refractivity contribution in [3.63, 3.8) is 0 Å². The number of hydrogen-bond acceptors (Lipinski definition) is 3. The molecule has 3 amide bonds. The molecule has 3 aromatic rings. The Labute approximate surface area is 196 Å². The minimum absolute atomic E-state index is 0.149. The standard InChI is InChI=1S/C24H22Cl2N4O2/c25-18-8-6-15(21(26)12-18)11-22(27)23(31)30-13-16-7-9-20(10-17(16)14-30)29-24(32)28-19-4-2-1-3-5-19/h1-10,12,22H,11,13-14,27H2,(H2,28,29,32). The third-order valence-corrected chi connectivity index (χ3v) is 5.89. The number of fused-ring (bicyclic) bond motifs is 1. The van der Waals surface area contributed by atoms with E-state index in [9.17, 15) is 9.59 Å². The number of carbonyl (C=O) groups is 2. The Balaban J connectivity index is 1.37. The van der Waals surface area contributed by atoms with Gasteiger partial charge in [-0.2, -0.15) is 0 Å².